The molecule has 1 aromatic heterocycles. The quantitative estimate of drug-likeness (QED) is 0.152. The molecule has 6 nitrogen and oxygen atoms in total. The fourth-order valence-electron chi connectivity index (χ4n) is 4.26. The number of aromatic nitrogens is 1. The summed E-state index contributed by atoms with van der Waals surface area (Å²) < 4.78 is 2.16. The van der Waals surface area contributed by atoms with Gasteiger partial charge in [0.15, 0.2) is 5.78 Å². The molecule has 0 unspecified atom stereocenters. The van der Waals surface area contributed by atoms with Gasteiger partial charge in [-0.1, -0.05) is 36.3 Å². The SMILES string of the molecule is CCC(=NOC(C)=O)C(=O)c1ccc2c(c1)c1cc(C(=O)c3ccccc3C)ccc1n2CC. The van der Waals surface area contributed by atoms with Crippen LogP contribution in [0.15, 0.2) is 65.8 Å². The van der Waals surface area contributed by atoms with Gasteiger partial charge in [0, 0.05) is 52.0 Å². The summed E-state index contributed by atoms with van der Waals surface area (Å²) in [5, 5.41) is 5.51. The van der Waals surface area contributed by atoms with Crippen molar-refractivity contribution >= 4 is 45.1 Å². The van der Waals surface area contributed by atoms with E-state index in [1.54, 1.807) is 13.0 Å². The molecule has 0 amide bonds. The summed E-state index contributed by atoms with van der Waals surface area (Å²) in [6.07, 6.45) is 0.329. The molecule has 4 aromatic rings. The second-order valence-electron chi connectivity index (χ2n) is 8.16. The molecule has 0 saturated heterocycles. The summed E-state index contributed by atoms with van der Waals surface area (Å²) in [5.74, 6) is -0.910. The molecule has 0 aliphatic heterocycles. The topological polar surface area (TPSA) is 77.7 Å². The van der Waals surface area contributed by atoms with Crippen LogP contribution in [0.1, 0.15) is 59.0 Å². The first-order chi connectivity index (χ1) is 16.3. The van der Waals surface area contributed by atoms with Crippen molar-refractivity contribution in [1.82, 2.24) is 4.57 Å². The lowest BCUT2D eigenvalue weighted by atomic mass is 9.97. The van der Waals surface area contributed by atoms with Gasteiger partial charge in [-0.05, 0) is 62.2 Å². The molecule has 0 fully saturated rings. The van der Waals surface area contributed by atoms with Gasteiger partial charge in [-0.25, -0.2) is 4.79 Å². The Bertz CT molecular complexity index is 1480. The minimum atomic E-state index is -0.578. The lowest BCUT2D eigenvalue weighted by Gasteiger charge is -2.06. The van der Waals surface area contributed by atoms with E-state index in [1.807, 2.05) is 61.5 Å². The molecule has 4 rings (SSSR count). The lowest BCUT2D eigenvalue weighted by molar-refractivity contribution is -0.140. The average molecular weight is 455 g/mol. The Labute approximate surface area is 197 Å². The third-order valence-electron chi connectivity index (χ3n) is 5.98. The van der Waals surface area contributed by atoms with Crippen LogP contribution in [-0.4, -0.2) is 27.8 Å². The molecule has 172 valence electrons. The second-order valence-corrected chi connectivity index (χ2v) is 8.16. The number of oxime groups is 1. The van der Waals surface area contributed by atoms with Gasteiger partial charge in [-0.2, -0.15) is 0 Å². The number of hydrogen-bond acceptors (Lipinski definition) is 5. The third-order valence-corrected chi connectivity index (χ3v) is 5.98. The van der Waals surface area contributed by atoms with E-state index in [-0.39, 0.29) is 17.3 Å². The smallest absolute Gasteiger partial charge is 0.331 e. The third kappa shape index (κ3) is 4.15. The highest BCUT2D eigenvalue weighted by Gasteiger charge is 2.19. The van der Waals surface area contributed by atoms with Crippen LogP contribution in [0.4, 0.5) is 0 Å². The van der Waals surface area contributed by atoms with Gasteiger partial charge >= 0.3 is 5.97 Å². The maximum atomic E-state index is 13.2. The van der Waals surface area contributed by atoms with E-state index in [9.17, 15) is 14.4 Å². The lowest BCUT2D eigenvalue weighted by Crippen LogP contribution is -2.14. The van der Waals surface area contributed by atoms with Crippen molar-refractivity contribution in [1.29, 1.82) is 0 Å². The Morgan fingerprint density at radius 3 is 2.09 bits per heavy atom. The zero-order chi connectivity index (χ0) is 24.4. The van der Waals surface area contributed by atoms with Crippen LogP contribution in [0.3, 0.4) is 0 Å². The molecule has 0 N–H and O–H groups in total. The van der Waals surface area contributed by atoms with Gasteiger partial charge in [0.25, 0.3) is 0 Å². The minimum absolute atomic E-state index is 0.0357. The highest BCUT2D eigenvalue weighted by atomic mass is 16.7. The van der Waals surface area contributed by atoms with Crippen molar-refractivity contribution in [2.75, 3.05) is 0 Å². The van der Waals surface area contributed by atoms with Crippen LogP contribution < -0.4 is 0 Å². The number of fused-ring (bicyclic) bond motifs is 3. The van der Waals surface area contributed by atoms with Crippen LogP contribution in [0.5, 0.6) is 0 Å². The summed E-state index contributed by atoms with van der Waals surface area (Å²) in [4.78, 5) is 42.1. The van der Waals surface area contributed by atoms with Crippen LogP contribution in [-0.2, 0) is 16.2 Å². The highest BCUT2D eigenvalue weighted by molar-refractivity contribution is 6.46. The van der Waals surface area contributed by atoms with E-state index >= 15 is 0 Å². The molecule has 6 heteroatoms. The first kappa shape index (κ1) is 23.1. The second kappa shape index (κ2) is 9.43. The summed E-state index contributed by atoms with van der Waals surface area (Å²) in [6.45, 7) is 7.75. The molecule has 0 atom stereocenters. The van der Waals surface area contributed by atoms with Gasteiger partial charge in [0.1, 0.15) is 5.71 Å². The molecule has 0 spiro atoms. The number of Topliss-reactive ketones (excluding diaryl/α,β-unsaturated/α-hetero) is 1. The van der Waals surface area contributed by atoms with Gasteiger partial charge < -0.3 is 9.40 Å². The predicted molar refractivity (Wildman–Crippen MR) is 134 cm³/mol. The van der Waals surface area contributed by atoms with Gasteiger partial charge in [0.05, 0.1) is 0 Å². The van der Waals surface area contributed by atoms with Crippen molar-refractivity contribution in [2.24, 2.45) is 5.16 Å². The molecule has 0 aliphatic carbocycles. The number of ketones is 2. The highest BCUT2D eigenvalue weighted by Crippen LogP contribution is 2.31. The van der Waals surface area contributed by atoms with Crippen molar-refractivity contribution < 1.29 is 19.2 Å². The molecule has 0 radical (unpaired) electrons. The zero-order valence-electron chi connectivity index (χ0n) is 19.7. The van der Waals surface area contributed by atoms with Crippen LogP contribution >= 0.6 is 0 Å². The molecule has 0 bridgehead atoms. The maximum Gasteiger partial charge on any atom is 0.331 e. The van der Waals surface area contributed by atoms with E-state index in [1.165, 1.54) is 6.92 Å². The van der Waals surface area contributed by atoms with Gasteiger partial charge in [-0.3, -0.25) is 9.59 Å². The molecule has 0 saturated carbocycles. The fraction of sp³-hybridized carbons (Fsp3) is 0.214. The van der Waals surface area contributed by atoms with Crippen molar-refractivity contribution in [3.05, 3.63) is 82.9 Å². The predicted octanol–water partition coefficient (Wildman–Crippen LogP) is 5.87. The zero-order valence-corrected chi connectivity index (χ0v) is 19.7. The number of rotatable bonds is 7. The number of carbonyl (C=O) groups is 3. The number of nitrogens with zero attached hydrogens (tertiary/aromatic N) is 2. The molecule has 3 aromatic carbocycles. The molecule has 1 heterocycles. The van der Waals surface area contributed by atoms with Crippen molar-refractivity contribution in [2.45, 2.75) is 40.7 Å². The van der Waals surface area contributed by atoms with Crippen molar-refractivity contribution in [3.63, 3.8) is 0 Å². The molecule has 34 heavy (non-hydrogen) atoms. The Morgan fingerprint density at radius 2 is 1.50 bits per heavy atom. The number of carbonyl (C=O) groups excluding carboxylic acids is 3. The summed E-state index contributed by atoms with van der Waals surface area (Å²) >= 11 is 0. The standard InChI is InChI=1S/C28H26N2O4/c1-5-24(29-34-18(4)31)28(33)20-12-14-26-23(16-20)22-15-19(11-13-25(22)30(26)6-2)27(32)21-10-8-7-9-17(21)3/h7-16H,5-6H2,1-4H3. The summed E-state index contributed by atoms with van der Waals surface area (Å²) in [5.41, 5.74) is 4.79. The van der Waals surface area contributed by atoms with Crippen LogP contribution in [0, 0.1) is 6.92 Å². The average Bonchev–Trinajstić information content (AvgIpc) is 3.16. The maximum absolute atomic E-state index is 13.2. The van der Waals surface area contributed by atoms with E-state index in [4.69, 9.17) is 4.84 Å². The Balaban J connectivity index is 1.86. The van der Waals surface area contributed by atoms with E-state index in [0.717, 1.165) is 33.9 Å². The van der Waals surface area contributed by atoms with Crippen molar-refractivity contribution in [3.8, 4) is 0 Å². The first-order valence-corrected chi connectivity index (χ1v) is 11.3. The Morgan fingerprint density at radius 1 is 0.882 bits per heavy atom. The summed E-state index contributed by atoms with van der Waals surface area (Å²) in [6, 6.07) is 18.8. The normalized spacial score (nSPS) is 11.7. The molecular weight excluding hydrogens is 428 g/mol. The number of aryl methyl sites for hydroxylation is 2. The fourth-order valence-corrected chi connectivity index (χ4v) is 4.26. The Hall–Kier alpha value is -4.06. The van der Waals surface area contributed by atoms with Crippen LogP contribution in [0.25, 0.3) is 21.8 Å². The summed E-state index contributed by atoms with van der Waals surface area (Å²) in [7, 11) is 0. The first-order valence-electron chi connectivity index (χ1n) is 11.3. The van der Waals surface area contributed by atoms with E-state index in [0.29, 0.717) is 23.1 Å². The van der Waals surface area contributed by atoms with Gasteiger partial charge in [0.2, 0.25) is 5.78 Å². The Kier molecular flexibility index (Phi) is 6.41. The number of benzene rings is 3. The number of hydrogen-bond donors (Lipinski definition) is 0. The molecular formula is C28H26N2O4. The van der Waals surface area contributed by atoms with Gasteiger partial charge in [-0.15, -0.1) is 0 Å². The molecule has 0 aliphatic rings. The largest absolute Gasteiger partial charge is 0.341 e. The monoisotopic (exact) mass is 454 g/mol. The van der Waals surface area contributed by atoms with Crippen LogP contribution in [0.2, 0.25) is 0 Å². The minimum Gasteiger partial charge on any atom is -0.341 e. The van der Waals surface area contributed by atoms with E-state index in [2.05, 4.69) is 16.6 Å². The van der Waals surface area contributed by atoms with E-state index < -0.39 is 5.97 Å².